The van der Waals surface area contributed by atoms with E-state index in [9.17, 15) is 4.79 Å². The van der Waals surface area contributed by atoms with Gasteiger partial charge in [-0.1, -0.05) is 24.3 Å². The summed E-state index contributed by atoms with van der Waals surface area (Å²) in [4.78, 5) is 20.7. The maximum absolute atomic E-state index is 10.8. The van der Waals surface area contributed by atoms with E-state index in [4.69, 9.17) is 21.5 Å². The lowest BCUT2D eigenvalue weighted by atomic mass is 10.1. The molecule has 1 unspecified atom stereocenters. The Hall–Kier alpha value is -2.37. The SMILES string of the molecule is O=C(O)c1ccc(C2N=C(c3ccc(CCl)cc3)ON2)cc1. The zero-order chi connectivity index (χ0) is 15.5. The van der Waals surface area contributed by atoms with Crippen LogP contribution in [0.2, 0.25) is 0 Å². The minimum atomic E-state index is -0.953. The minimum Gasteiger partial charge on any atom is -0.478 e. The van der Waals surface area contributed by atoms with E-state index < -0.39 is 5.97 Å². The molecule has 0 saturated heterocycles. The zero-order valence-corrected chi connectivity index (χ0v) is 12.2. The van der Waals surface area contributed by atoms with Crippen LogP contribution in [-0.2, 0) is 10.7 Å². The highest BCUT2D eigenvalue weighted by Crippen LogP contribution is 2.22. The Bertz CT molecular complexity index is 711. The lowest BCUT2D eigenvalue weighted by Gasteiger charge is -2.06. The summed E-state index contributed by atoms with van der Waals surface area (Å²) in [5, 5.41) is 8.90. The summed E-state index contributed by atoms with van der Waals surface area (Å²) in [6, 6.07) is 14.2. The molecule has 0 amide bonds. The molecule has 2 aromatic rings. The first-order valence-electron chi connectivity index (χ1n) is 6.66. The Morgan fingerprint density at radius 1 is 1.18 bits per heavy atom. The molecule has 2 aromatic carbocycles. The van der Waals surface area contributed by atoms with Crippen LogP contribution in [0.4, 0.5) is 0 Å². The van der Waals surface area contributed by atoms with Crippen molar-refractivity contribution in [1.29, 1.82) is 0 Å². The number of hydrogen-bond donors (Lipinski definition) is 2. The molecule has 0 radical (unpaired) electrons. The minimum absolute atomic E-state index is 0.239. The lowest BCUT2D eigenvalue weighted by molar-refractivity contribution is 0.0697. The summed E-state index contributed by atoms with van der Waals surface area (Å²) in [7, 11) is 0. The zero-order valence-electron chi connectivity index (χ0n) is 11.5. The average molecular weight is 317 g/mol. The van der Waals surface area contributed by atoms with Crippen LogP contribution in [0.1, 0.15) is 33.2 Å². The van der Waals surface area contributed by atoms with Gasteiger partial charge in [-0.3, -0.25) is 0 Å². The fourth-order valence-electron chi connectivity index (χ4n) is 2.10. The highest BCUT2D eigenvalue weighted by atomic mass is 35.5. The monoisotopic (exact) mass is 316 g/mol. The number of halogens is 1. The largest absolute Gasteiger partial charge is 0.478 e. The number of alkyl halides is 1. The molecule has 0 aromatic heterocycles. The van der Waals surface area contributed by atoms with Gasteiger partial charge in [-0.05, 0) is 35.4 Å². The van der Waals surface area contributed by atoms with Crippen LogP contribution in [-0.4, -0.2) is 17.0 Å². The van der Waals surface area contributed by atoms with Gasteiger partial charge in [-0.25, -0.2) is 9.79 Å². The quantitative estimate of drug-likeness (QED) is 0.850. The summed E-state index contributed by atoms with van der Waals surface area (Å²) >= 11 is 5.76. The smallest absolute Gasteiger partial charge is 0.335 e. The number of nitrogens with zero attached hydrogens (tertiary/aromatic N) is 1. The standard InChI is InChI=1S/C16H13ClN2O3/c17-9-10-1-3-12(4-2-10)15-18-14(19-22-15)11-5-7-13(8-6-11)16(20)21/h1-8,14,19H,9H2,(H,20,21). The second kappa shape index (κ2) is 6.17. The van der Waals surface area contributed by atoms with Crippen LogP contribution in [0.3, 0.4) is 0 Å². The molecule has 3 rings (SSSR count). The lowest BCUT2D eigenvalue weighted by Crippen LogP contribution is -2.14. The van der Waals surface area contributed by atoms with Gasteiger partial charge in [-0.2, -0.15) is 0 Å². The van der Waals surface area contributed by atoms with Crippen molar-refractivity contribution in [2.24, 2.45) is 4.99 Å². The van der Waals surface area contributed by atoms with Crippen molar-refractivity contribution in [3.8, 4) is 0 Å². The number of rotatable bonds is 4. The third-order valence-electron chi connectivity index (χ3n) is 3.34. The summed E-state index contributed by atoms with van der Waals surface area (Å²) in [6.07, 6.45) is -0.356. The number of carboxylic acid groups (broad SMARTS) is 1. The van der Waals surface area contributed by atoms with Crippen LogP contribution in [0.25, 0.3) is 0 Å². The number of carboxylic acids is 1. The van der Waals surface area contributed by atoms with Gasteiger partial charge in [-0.15, -0.1) is 17.1 Å². The van der Waals surface area contributed by atoms with E-state index in [-0.39, 0.29) is 11.7 Å². The fourth-order valence-corrected chi connectivity index (χ4v) is 2.28. The number of nitrogens with one attached hydrogen (secondary N) is 1. The molecule has 1 aliphatic heterocycles. The first-order chi connectivity index (χ1) is 10.7. The van der Waals surface area contributed by atoms with Crippen molar-refractivity contribution in [3.63, 3.8) is 0 Å². The van der Waals surface area contributed by atoms with E-state index in [1.807, 2.05) is 24.3 Å². The molecular formula is C16H13ClN2O3. The van der Waals surface area contributed by atoms with Crippen molar-refractivity contribution in [2.75, 3.05) is 0 Å². The van der Waals surface area contributed by atoms with Crippen molar-refractivity contribution in [3.05, 3.63) is 70.8 Å². The summed E-state index contributed by atoms with van der Waals surface area (Å²) in [5.41, 5.74) is 5.77. The molecule has 0 saturated carbocycles. The molecule has 6 heteroatoms. The maximum Gasteiger partial charge on any atom is 0.335 e. The van der Waals surface area contributed by atoms with Crippen LogP contribution in [0.15, 0.2) is 53.5 Å². The Balaban J connectivity index is 1.79. The molecule has 2 N–H and O–H groups in total. The topological polar surface area (TPSA) is 70.9 Å². The van der Waals surface area contributed by atoms with Gasteiger partial charge in [0, 0.05) is 11.4 Å². The maximum atomic E-state index is 10.8. The second-order valence-electron chi connectivity index (χ2n) is 4.81. The predicted octanol–water partition coefficient (Wildman–Crippen LogP) is 3.10. The number of aliphatic imine (C=N–C) groups is 1. The molecule has 1 aliphatic rings. The number of hydrogen-bond acceptors (Lipinski definition) is 4. The second-order valence-corrected chi connectivity index (χ2v) is 5.08. The number of benzene rings is 2. The highest BCUT2D eigenvalue weighted by molar-refractivity contribution is 6.17. The number of carbonyl (C=O) groups is 1. The van der Waals surface area contributed by atoms with Crippen molar-refractivity contribution in [1.82, 2.24) is 5.48 Å². The van der Waals surface area contributed by atoms with Gasteiger partial charge in [0.1, 0.15) is 0 Å². The van der Waals surface area contributed by atoms with E-state index in [0.29, 0.717) is 11.8 Å². The molecule has 1 heterocycles. The number of aromatic carboxylic acids is 1. The van der Waals surface area contributed by atoms with Gasteiger partial charge in [0.15, 0.2) is 6.17 Å². The predicted molar refractivity (Wildman–Crippen MR) is 82.9 cm³/mol. The van der Waals surface area contributed by atoms with Gasteiger partial charge in [0.25, 0.3) is 0 Å². The van der Waals surface area contributed by atoms with E-state index in [1.54, 1.807) is 24.3 Å². The van der Waals surface area contributed by atoms with Gasteiger partial charge in [0.05, 0.1) is 5.56 Å². The van der Waals surface area contributed by atoms with Crippen LogP contribution in [0.5, 0.6) is 0 Å². The third kappa shape index (κ3) is 2.95. The molecular weight excluding hydrogens is 304 g/mol. The fraction of sp³-hybridized carbons (Fsp3) is 0.125. The summed E-state index contributed by atoms with van der Waals surface area (Å²) in [5.74, 6) is 0.00363. The first kappa shape index (κ1) is 14.6. The Kier molecular flexibility index (Phi) is 4.09. The Morgan fingerprint density at radius 3 is 2.45 bits per heavy atom. The van der Waals surface area contributed by atoms with Crippen LogP contribution >= 0.6 is 11.6 Å². The van der Waals surface area contributed by atoms with Gasteiger partial charge >= 0.3 is 5.97 Å². The number of hydroxylamine groups is 1. The van der Waals surface area contributed by atoms with E-state index in [0.717, 1.165) is 16.7 Å². The summed E-state index contributed by atoms with van der Waals surface area (Å²) in [6.45, 7) is 0. The van der Waals surface area contributed by atoms with E-state index in [1.165, 1.54) is 0 Å². The molecule has 1 atom stereocenters. The van der Waals surface area contributed by atoms with Crippen LogP contribution in [0, 0.1) is 0 Å². The van der Waals surface area contributed by atoms with Gasteiger partial charge in [0.2, 0.25) is 5.90 Å². The molecule has 112 valence electrons. The van der Waals surface area contributed by atoms with E-state index >= 15 is 0 Å². The molecule has 0 fully saturated rings. The Labute approximate surface area is 132 Å². The van der Waals surface area contributed by atoms with Crippen LogP contribution < -0.4 is 5.48 Å². The molecule has 5 nitrogen and oxygen atoms in total. The molecule has 0 spiro atoms. The van der Waals surface area contributed by atoms with Crippen molar-refractivity contribution in [2.45, 2.75) is 12.0 Å². The Morgan fingerprint density at radius 2 is 1.86 bits per heavy atom. The third-order valence-corrected chi connectivity index (χ3v) is 3.65. The van der Waals surface area contributed by atoms with Crippen molar-refractivity contribution < 1.29 is 14.7 Å². The average Bonchev–Trinajstić information content (AvgIpc) is 3.05. The van der Waals surface area contributed by atoms with E-state index in [2.05, 4.69) is 10.5 Å². The molecule has 22 heavy (non-hydrogen) atoms. The van der Waals surface area contributed by atoms with Gasteiger partial charge < -0.3 is 9.94 Å². The first-order valence-corrected chi connectivity index (χ1v) is 7.19. The highest BCUT2D eigenvalue weighted by Gasteiger charge is 2.21. The summed E-state index contributed by atoms with van der Waals surface area (Å²) < 4.78 is 0. The normalized spacial score (nSPS) is 17.0. The molecule has 0 aliphatic carbocycles. The van der Waals surface area contributed by atoms with Crippen molar-refractivity contribution >= 4 is 23.5 Å². The molecule has 0 bridgehead atoms.